The zero-order valence-electron chi connectivity index (χ0n) is 11.0. The highest BCUT2D eigenvalue weighted by atomic mass is 32.1. The van der Waals surface area contributed by atoms with Gasteiger partial charge in [0.15, 0.2) is 0 Å². The van der Waals surface area contributed by atoms with Gasteiger partial charge < -0.3 is 5.32 Å². The van der Waals surface area contributed by atoms with Crippen LogP contribution in [0.1, 0.15) is 42.1 Å². The van der Waals surface area contributed by atoms with Gasteiger partial charge in [-0.1, -0.05) is 19.4 Å². The van der Waals surface area contributed by atoms with Crippen LogP contribution in [0.15, 0.2) is 17.5 Å². The van der Waals surface area contributed by atoms with Gasteiger partial charge >= 0.3 is 0 Å². The van der Waals surface area contributed by atoms with Gasteiger partial charge in [0.1, 0.15) is 0 Å². The molecule has 0 spiro atoms. The van der Waals surface area contributed by atoms with E-state index in [9.17, 15) is 0 Å². The number of aryl methyl sites for hydroxylation is 2. The van der Waals surface area contributed by atoms with E-state index in [4.69, 9.17) is 0 Å². The van der Waals surface area contributed by atoms with Gasteiger partial charge in [0.05, 0.1) is 17.4 Å². The molecule has 2 rings (SSSR count). The molecule has 4 nitrogen and oxygen atoms in total. The number of nitrogens with one attached hydrogen (secondary N) is 1. The van der Waals surface area contributed by atoms with Crippen molar-refractivity contribution in [1.82, 2.24) is 15.2 Å². The van der Waals surface area contributed by atoms with Gasteiger partial charge in [-0.2, -0.15) is 5.10 Å². The molecule has 0 saturated carbocycles. The fourth-order valence-corrected chi connectivity index (χ4v) is 2.55. The Hall–Kier alpha value is -1.49. The van der Waals surface area contributed by atoms with Crippen LogP contribution in [0.3, 0.4) is 0 Å². The van der Waals surface area contributed by atoms with Gasteiger partial charge in [-0.3, -0.25) is 0 Å². The first-order valence-electron chi connectivity index (χ1n) is 6.18. The normalized spacial score (nSPS) is 12.4. The Balaban J connectivity index is 2.16. The van der Waals surface area contributed by atoms with E-state index in [1.165, 1.54) is 4.88 Å². The van der Waals surface area contributed by atoms with E-state index >= 15 is 0 Å². The van der Waals surface area contributed by atoms with Crippen molar-refractivity contribution in [2.45, 2.75) is 39.7 Å². The molecule has 0 fully saturated rings. The van der Waals surface area contributed by atoms with Crippen LogP contribution >= 0.6 is 11.3 Å². The summed E-state index contributed by atoms with van der Waals surface area (Å²) in [6, 6.07) is 4.50. The van der Waals surface area contributed by atoms with E-state index in [1.54, 1.807) is 11.3 Å². The summed E-state index contributed by atoms with van der Waals surface area (Å²) in [5.74, 6) is 0.616. The van der Waals surface area contributed by atoms with E-state index < -0.39 is 0 Å². The van der Waals surface area contributed by atoms with E-state index in [1.807, 2.05) is 13.8 Å². The Morgan fingerprint density at radius 1 is 1.28 bits per heavy atom. The first-order chi connectivity index (χ1) is 8.70. The highest BCUT2D eigenvalue weighted by molar-refractivity contribution is 7.10. The van der Waals surface area contributed by atoms with Crippen LogP contribution in [0.5, 0.6) is 0 Å². The predicted octanol–water partition coefficient (Wildman–Crippen LogP) is 3.50. The minimum atomic E-state index is 0.277. The van der Waals surface area contributed by atoms with Gasteiger partial charge in [-0.15, -0.1) is 16.4 Å². The maximum absolute atomic E-state index is 4.42. The molecule has 0 aliphatic rings. The van der Waals surface area contributed by atoms with Gasteiger partial charge in [-0.05, 0) is 31.7 Å². The van der Waals surface area contributed by atoms with E-state index in [2.05, 4.69) is 44.9 Å². The van der Waals surface area contributed by atoms with Crippen LogP contribution in [0.25, 0.3) is 0 Å². The van der Waals surface area contributed by atoms with Gasteiger partial charge in [0, 0.05) is 4.88 Å². The van der Waals surface area contributed by atoms with Crippen LogP contribution in [-0.4, -0.2) is 15.2 Å². The molecule has 0 aromatic carbocycles. The van der Waals surface area contributed by atoms with Crippen molar-refractivity contribution in [1.29, 1.82) is 0 Å². The molecule has 0 radical (unpaired) electrons. The second-order valence-corrected chi connectivity index (χ2v) is 5.29. The largest absolute Gasteiger partial charge is 0.345 e. The molecule has 0 aliphatic carbocycles. The molecule has 0 amide bonds. The maximum Gasteiger partial charge on any atom is 0.243 e. The molecule has 0 bridgehead atoms. The highest BCUT2D eigenvalue weighted by Gasteiger charge is 2.13. The van der Waals surface area contributed by atoms with Crippen molar-refractivity contribution in [2.24, 2.45) is 0 Å². The van der Waals surface area contributed by atoms with Gasteiger partial charge in [0.2, 0.25) is 5.95 Å². The first-order valence-corrected chi connectivity index (χ1v) is 7.06. The highest BCUT2D eigenvalue weighted by Crippen LogP contribution is 2.26. The van der Waals surface area contributed by atoms with Crippen LogP contribution in [-0.2, 0) is 0 Å². The number of thiophene rings is 1. The SMILES string of the molecule is CCCC(Nc1nnc(C)c(C)n1)c1cccs1. The summed E-state index contributed by atoms with van der Waals surface area (Å²) in [7, 11) is 0. The summed E-state index contributed by atoms with van der Waals surface area (Å²) in [5.41, 5.74) is 1.80. The van der Waals surface area contributed by atoms with Gasteiger partial charge in [0.25, 0.3) is 0 Å². The third-order valence-corrected chi connectivity index (χ3v) is 3.85. The molecule has 2 aromatic heterocycles. The summed E-state index contributed by atoms with van der Waals surface area (Å²) < 4.78 is 0. The molecule has 2 heterocycles. The standard InChI is InChI=1S/C13H18N4S/c1-4-6-11(12-7-5-8-18-12)15-13-14-9(2)10(3)16-17-13/h5,7-8,11H,4,6H2,1-3H3,(H,14,15,17). The van der Waals surface area contributed by atoms with Gasteiger partial charge in [-0.25, -0.2) is 4.98 Å². The number of hydrogen-bond acceptors (Lipinski definition) is 5. The molecule has 1 atom stereocenters. The van der Waals surface area contributed by atoms with Crippen molar-refractivity contribution < 1.29 is 0 Å². The minimum Gasteiger partial charge on any atom is -0.345 e. The molecule has 0 aliphatic heterocycles. The number of aromatic nitrogens is 3. The molecule has 18 heavy (non-hydrogen) atoms. The zero-order chi connectivity index (χ0) is 13.0. The zero-order valence-corrected chi connectivity index (χ0v) is 11.8. The van der Waals surface area contributed by atoms with Crippen LogP contribution < -0.4 is 5.32 Å². The summed E-state index contributed by atoms with van der Waals surface area (Å²) in [5, 5.41) is 13.7. The smallest absolute Gasteiger partial charge is 0.243 e. The van der Waals surface area contributed by atoms with Crippen molar-refractivity contribution in [3.8, 4) is 0 Å². The lowest BCUT2D eigenvalue weighted by molar-refractivity contribution is 0.676. The maximum atomic E-state index is 4.42. The van der Waals surface area contributed by atoms with Crippen LogP contribution in [0, 0.1) is 13.8 Å². The number of rotatable bonds is 5. The van der Waals surface area contributed by atoms with Crippen LogP contribution in [0.4, 0.5) is 5.95 Å². The summed E-state index contributed by atoms with van der Waals surface area (Å²) >= 11 is 1.76. The fraction of sp³-hybridized carbons (Fsp3) is 0.462. The lowest BCUT2D eigenvalue weighted by Gasteiger charge is -2.16. The van der Waals surface area contributed by atoms with E-state index in [-0.39, 0.29) is 6.04 Å². The number of anilines is 1. The second kappa shape index (κ2) is 5.91. The molecule has 0 saturated heterocycles. The Labute approximate surface area is 111 Å². The Morgan fingerprint density at radius 3 is 2.72 bits per heavy atom. The van der Waals surface area contributed by atoms with E-state index in [0.29, 0.717) is 5.95 Å². The molecule has 1 unspecified atom stereocenters. The third kappa shape index (κ3) is 3.04. The quantitative estimate of drug-likeness (QED) is 0.896. The molecule has 96 valence electrons. The Bertz CT molecular complexity index is 496. The van der Waals surface area contributed by atoms with Crippen molar-refractivity contribution >= 4 is 17.3 Å². The number of hydrogen-bond donors (Lipinski definition) is 1. The summed E-state index contributed by atoms with van der Waals surface area (Å²) in [6.07, 6.45) is 2.19. The molecular weight excluding hydrogens is 244 g/mol. The Morgan fingerprint density at radius 2 is 2.11 bits per heavy atom. The molecule has 5 heteroatoms. The predicted molar refractivity (Wildman–Crippen MR) is 74.9 cm³/mol. The van der Waals surface area contributed by atoms with Crippen LogP contribution in [0.2, 0.25) is 0 Å². The lowest BCUT2D eigenvalue weighted by Crippen LogP contribution is -2.13. The van der Waals surface area contributed by atoms with Crippen molar-refractivity contribution in [3.63, 3.8) is 0 Å². The third-order valence-electron chi connectivity index (χ3n) is 2.86. The lowest BCUT2D eigenvalue weighted by atomic mass is 10.1. The topological polar surface area (TPSA) is 50.7 Å². The molecule has 2 aromatic rings. The summed E-state index contributed by atoms with van der Waals surface area (Å²) in [6.45, 7) is 6.05. The Kier molecular flexibility index (Phi) is 4.25. The molecule has 1 N–H and O–H groups in total. The van der Waals surface area contributed by atoms with Crippen molar-refractivity contribution in [2.75, 3.05) is 5.32 Å². The first kappa shape index (κ1) is 13.0. The minimum absolute atomic E-state index is 0.277. The fourth-order valence-electron chi connectivity index (χ4n) is 1.74. The monoisotopic (exact) mass is 262 g/mol. The average molecular weight is 262 g/mol. The van der Waals surface area contributed by atoms with E-state index in [0.717, 1.165) is 24.2 Å². The van der Waals surface area contributed by atoms with Crippen molar-refractivity contribution in [3.05, 3.63) is 33.8 Å². The average Bonchev–Trinajstić information content (AvgIpc) is 2.87. The summed E-state index contributed by atoms with van der Waals surface area (Å²) in [4.78, 5) is 5.74. The molecular formula is C13H18N4S. The second-order valence-electron chi connectivity index (χ2n) is 4.31. The number of nitrogens with zero attached hydrogens (tertiary/aromatic N) is 3.